The Labute approximate surface area is 173 Å². The summed E-state index contributed by atoms with van der Waals surface area (Å²) >= 11 is 0. The summed E-state index contributed by atoms with van der Waals surface area (Å²) in [5.74, 6) is -0.755. The number of rotatable bonds is 7. The molecule has 1 aliphatic rings. The van der Waals surface area contributed by atoms with Crippen LogP contribution < -0.4 is 5.32 Å². The minimum atomic E-state index is -0.299. The summed E-state index contributed by atoms with van der Waals surface area (Å²) in [6, 6.07) is 14.3. The lowest BCUT2D eigenvalue weighted by Crippen LogP contribution is -2.32. The molecule has 0 bridgehead atoms. The summed E-state index contributed by atoms with van der Waals surface area (Å²) in [7, 11) is 1.83. The SMILES string of the molecule is Cn1nc(CNC(=O)CCCN2C(=O)c3ccccc3C2=O)cc1-c1ccccn1. The lowest BCUT2D eigenvalue weighted by molar-refractivity contribution is -0.121. The minimum Gasteiger partial charge on any atom is -0.350 e. The van der Waals surface area contributed by atoms with Gasteiger partial charge in [0, 0.05) is 26.2 Å². The number of benzene rings is 1. The molecule has 0 saturated heterocycles. The number of pyridine rings is 1. The van der Waals surface area contributed by atoms with Crippen molar-refractivity contribution in [3.05, 3.63) is 71.5 Å². The quantitative estimate of drug-likeness (QED) is 0.610. The molecule has 8 nitrogen and oxygen atoms in total. The highest BCUT2D eigenvalue weighted by molar-refractivity contribution is 6.21. The number of amides is 3. The standard InChI is InChI=1S/C22H21N5O3/c1-26-19(18-9-4-5-11-23-18)13-15(25-26)14-24-20(28)10-6-12-27-21(29)16-7-2-3-8-17(16)22(27)30/h2-5,7-9,11,13H,6,10,12,14H2,1H3,(H,24,28). The topological polar surface area (TPSA) is 97.2 Å². The van der Waals surface area contributed by atoms with E-state index in [0.29, 0.717) is 24.1 Å². The molecule has 1 N–H and O–H groups in total. The molecule has 1 aliphatic heterocycles. The molecule has 2 aromatic heterocycles. The number of carbonyl (C=O) groups excluding carboxylic acids is 3. The third-order valence-corrected chi connectivity index (χ3v) is 4.99. The van der Waals surface area contributed by atoms with Gasteiger partial charge in [-0.2, -0.15) is 5.10 Å². The monoisotopic (exact) mass is 403 g/mol. The number of aromatic nitrogens is 3. The van der Waals surface area contributed by atoms with Gasteiger partial charge in [-0.15, -0.1) is 0 Å². The van der Waals surface area contributed by atoms with Crippen LogP contribution in [0, 0.1) is 0 Å². The van der Waals surface area contributed by atoms with Crippen LogP contribution in [0.2, 0.25) is 0 Å². The molecular weight excluding hydrogens is 382 g/mol. The van der Waals surface area contributed by atoms with E-state index >= 15 is 0 Å². The second-order valence-corrected chi connectivity index (χ2v) is 7.05. The Morgan fingerprint density at radius 1 is 1.03 bits per heavy atom. The Hall–Kier alpha value is -3.81. The maximum absolute atomic E-state index is 12.3. The lowest BCUT2D eigenvalue weighted by Gasteiger charge is -2.13. The summed E-state index contributed by atoms with van der Waals surface area (Å²) < 4.78 is 1.73. The van der Waals surface area contributed by atoms with E-state index in [-0.39, 0.29) is 30.7 Å². The van der Waals surface area contributed by atoms with Crippen LogP contribution in [0.1, 0.15) is 39.3 Å². The molecule has 0 radical (unpaired) electrons. The van der Waals surface area contributed by atoms with Gasteiger partial charge < -0.3 is 5.32 Å². The first-order valence-electron chi connectivity index (χ1n) is 9.71. The summed E-state index contributed by atoms with van der Waals surface area (Å²) in [4.78, 5) is 42.4. The first-order valence-corrected chi connectivity index (χ1v) is 9.71. The van der Waals surface area contributed by atoms with Gasteiger partial charge in [-0.1, -0.05) is 18.2 Å². The minimum absolute atomic E-state index is 0.156. The van der Waals surface area contributed by atoms with Gasteiger partial charge in [-0.25, -0.2) is 0 Å². The van der Waals surface area contributed by atoms with Gasteiger partial charge in [0.25, 0.3) is 11.8 Å². The van der Waals surface area contributed by atoms with Crippen LogP contribution in [0.25, 0.3) is 11.4 Å². The fourth-order valence-electron chi connectivity index (χ4n) is 3.48. The van der Waals surface area contributed by atoms with E-state index in [1.165, 1.54) is 4.90 Å². The Kier molecular flexibility index (Phi) is 5.38. The molecule has 0 saturated carbocycles. The largest absolute Gasteiger partial charge is 0.350 e. The number of carbonyl (C=O) groups is 3. The number of aryl methyl sites for hydroxylation is 1. The molecule has 152 valence electrons. The number of nitrogens with one attached hydrogen (secondary N) is 1. The van der Waals surface area contributed by atoms with Gasteiger partial charge in [0.2, 0.25) is 5.91 Å². The van der Waals surface area contributed by atoms with Crippen LogP contribution in [-0.4, -0.2) is 43.9 Å². The van der Waals surface area contributed by atoms with Crippen molar-refractivity contribution in [3.63, 3.8) is 0 Å². The van der Waals surface area contributed by atoms with Crippen molar-refractivity contribution in [3.8, 4) is 11.4 Å². The van der Waals surface area contributed by atoms with E-state index in [4.69, 9.17) is 0 Å². The predicted octanol–water partition coefficient (Wildman–Crippen LogP) is 2.17. The molecule has 0 unspecified atom stereocenters. The average molecular weight is 403 g/mol. The molecule has 3 amide bonds. The van der Waals surface area contributed by atoms with Crippen molar-refractivity contribution in [1.82, 2.24) is 25.0 Å². The van der Waals surface area contributed by atoms with Crippen molar-refractivity contribution in [2.45, 2.75) is 19.4 Å². The Morgan fingerprint density at radius 3 is 2.40 bits per heavy atom. The highest BCUT2D eigenvalue weighted by Gasteiger charge is 2.34. The number of fused-ring (bicyclic) bond motifs is 1. The van der Waals surface area contributed by atoms with Crippen molar-refractivity contribution in [2.24, 2.45) is 7.05 Å². The number of hydrogen-bond acceptors (Lipinski definition) is 5. The predicted molar refractivity (Wildman–Crippen MR) is 109 cm³/mol. The summed E-state index contributed by atoms with van der Waals surface area (Å²) in [5, 5.41) is 7.24. The molecular formula is C22H21N5O3. The van der Waals surface area contributed by atoms with Gasteiger partial charge >= 0.3 is 0 Å². The van der Waals surface area contributed by atoms with Crippen LogP contribution in [0.15, 0.2) is 54.7 Å². The zero-order valence-corrected chi connectivity index (χ0v) is 16.5. The molecule has 3 aromatic rings. The zero-order chi connectivity index (χ0) is 21.1. The van der Waals surface area contributed by atoms with E-state index in [0.717, 1.165) is 17.1 Å². The number of nitrogens with zero attached hydrogens (tertiary/aromatic N) is 4. The molecule has 1 aromatic carbocycles. The van der Waals surface area contributed by atoms with Crippen molar-refractivity contribution < 1.29 is 14.4 Å². The second-order valence-electron chi connectivity index (χ2n) is 7.05. The third-order valence-electron chi connectivity index (χ3n) is 4.99. The highest BCUT2D eigenvalue weighted by Crippen LogP contribution is 2.22. The van der Waals surface area contributed by atoms with E-state index in [9.17, 15) is 14.4 Å². The van der Waals surface area contributed by atoms with Crippen LogP contribution in [0.5, 0.6) is 0 Å². The molecule has 30 heavy (non-hydrogen) atoms. The van der Waals surface area contributed by atoms with Crippen LogP contribution in [-0.2, 0) is 18.4 Å². The van der Waals surface area contributed by atoms with Crippen LogP contribution in [0.4, 0.5) is 0 Å². The van der Waals surface area contributed by atoms with Crippen molar-refractivity contribution >= 4 is 17.7 Å². The first-order chi connectivity index (χ1) is 14.5. The van der Waals surface area contributed by atoms with Gasteiger partial charge in [0.15, 0.2) is 0 Å². The van der Waals surface area contributed by atoms with Crippen LogP contribution >= 0.6 is 0 Å². The first kappa shape index (κ1) is 19.5. The number of imide groups is 1. The molecule has 0 aliphatic carbocycles. The van der Waals surface area contributed by atoms with Crippen LogP contribution in [0.3, 0.4) is 0 Å². The highest BCUT2D eigenvalue weighted by atomic mass is 16.2. The van der Waals surface area contributed by atoms with E-state index in [1.54, 1.807) is 35.1 Å². The fourth-order valence-corrected chi connectivity index (χ4v) is 3.48. The Morgan fingerprint density at radius 2 is 1.73 bits per heavy atom. The maximum Gasteiger partial charge on any atom is 0.261 e. The van der Waals surface area contributed by atoms with Crippen molar-refractivity contribution in [2.75, 3.05) is 6.54 Å². The van der Waals surface area contributed by atoms with E-state index < -0.39 is 0 Å². The number of hydrogen-bond donors (Lipinski definition) is 1. The molecule has 0 fully saturated rings. The Balaban J connectivity index is 1.27. The molecule has 0 spiro atoms. The van der Waals surface area contributed by atoms with E-state index in [1.807, 2.05) is 31.3 Å². The van der Waals surface area contributed by atoms with Gasteiger partial charge in [0.1, 0.15) is 0 Å². The van der Waals surface area contributed by atoms with E-state index in [2.05, 4.69) is 15.4 Å². The van der Waals surface area contributed by atoms with Gasteiger partial charge in [0.05, 0.1) is 34.8 Å². The maximum atomic E-state index is 12.3. The van der Waals surface area contributed by atoms with Gasteiger partial charge in [-0.3, -0.25) is 28.9 Å². The normalized spacial score (nSPS) is 12.9. The smallest absolute Gasteiger partial charge is 0.261 e. The summed E-state index contributed by atoms with van der Waals surface area (Å²) in [6.07, 6.45) is 2.34. The second kappa shape index (κ2) is 8.28. The third kappa shape index (κ3) is 3.84. The zero-order valence-electron chi connectivity index (χ0n) is 16.5. The summed E-state index contributed by atoms with van der Waals surface area (Å²) in [5.41, 5.74) is 3.25. The molecule has 4 rings (SSSR count). The molecule has 8 heteroatoms. The molecule has 0 atom stereocenters. The van der Waals surface area contributed by atoms with Crippen molar-refractivity contribution in [1.29, 1.82) is 0 Å². The fraction of sp³-hybridized carbons (Fsp3) is 0.227. The lowest BCUT2D eigenvalue weighted by atomic mass is 10.1. The molecule has 3 heterocycles. The Bertz CT molecular complexity index is 1070. The van der Waals surface area contributed by atoms with Gasteiger partial charge in [-0.05, 0) is 36.8 Å². The average Bonchev–Trinajstić information content (AvgIpc) is 3.26. The summed E-state index contributed by atoms with van der Waals surface area (Å²) in [6.45, 7) is 0.514.